The molecule has 158 valence electrons. The van der Waals surface area contributed by atoms with E-state index in [4.69, 9.17) is 14.5 Å². The number of rotatable bonds is 4. The third-order valence-corrected chi connectivity index (χ3v) is 6.23. The molecule has 1 aliphatic carbocycles. The first-order chi connectivity index (χ1) is 14.7. The number of pyridine rings is 2. The number of halogens is 2. The monoisotopic (exact) mass is 475 g/mol. The fourth-order valence-electron chi connectivity index (χ4n) is 4.20. The van der Waals surface area contributed by atoms with Crippen LogP contribution in [0.2, 0.25) is 0 Å². The first-order valence-corrected chi connectivity index (χ1v) is 11.1. The summed E-state index contributed by atoms with van der Waals surface area (Å²) in [4.78, 5) is 11.6. The molecule has 1 aliphatic heterocycles. The SMILES string of the molecule is Fc1cnn(C2CCC(Oc3nc(N4CCOCC4)cc4ncc(Br)cc34)CC2)c1. The molecule has 2 aliphatic rings. The largest absolute Gasteiger partial charge is 0.474 e. The first-order valence-electron chi connectivity index (χ1n) is 10.3. The summed E-state index contributed by atoms with van der Waals surface area (Å²) in [5.74, 6) is 1.20. The number of hydrogen-bond donors (Lipinski definition) is 0. The van der Waals surface area contributed by atoms with Gasteiger partial charge in [0.15, 0.2) is 5.82 Å². The fourth-order valence-corrected chi connectivity index (χ4v) is 4.53. The number of morpholine rings is 1. The maximum absolute atomic E-state index is 13.3. The molecule has 30 heavy (non-hydrogen) atoms. The molecule has 7 nitrogen and oxygen atoms in total. The number of aromatic nitrogens is 4. The first kappa shape index (κ1) is 19.7. The minimum Gasteiger partial charge on any atom is -0.474 e. The van der Waals surface area contributed by atoms with Crippen molar-refractivity contribution in [3.63, 3.8) is 0 Å². The molecule has 0 unspecified atom stereocenters. The van der Waals surface area contributed by atoms with Gasteiger partial charge in [0.2, 0.25) is 5.88 Å². The van der Waals surface area contributed by atoms with Crippen molar-refractivity contribution in [2.75, 3.05) is 31.2 Å². The van der Waals surface area contributed by atoms with Crippen molar-refractivity contribution in [2.45, 2.75) is 37.8 Å². The fraction of sp³-hybridized carbons (Fsp3) is 0.476. The highest BCUT2D eigenvalue weighted by Crippen LogP contribution is 2.34. The molecule has 0 bridgehead atoms. The summed E-state index contributed by atoms with van der Waals surface area (Å²) >= 11 is 3.51. The van der Waals surface area contributed by atoms with Crippen molar-refractivity contribution in [2.24, 2.45) is 0 Å². The molecule has 0 aromatic carbocycles. The van der Waals surface area contributed by atoms with Crippen molar-refractivity contribution < 1.29 is 13.9 Å². The summed E-state index contributed by atoms with van der Waals surface area (Å²) < 4.78 is 27.8. The van der Waals surface area contributed by atoms with E-state index in [9.17, 15) is 4.39 Å². The number of fused-ring (bicyclic) bond motifs is 1. The summed E-state index contributed by atoms with van der Waals surface area (Å²) in [6.45, 7) is 3.00. The Kier molecular flexibility index (Phi) is 5.56. The normalized spacial score (nSPS) is 22.4. The standard InChI is InChI=1S/C21H23BrFN5O2/c22-14-9-18-19(24-11-14)10-20(27-5-7-29-8-6-27)26-21(18)30-17-3-1-16(2-4-17)28-13-15(23)12-25-28/h9-13,16-17H,1-8H2. The van der Waals surface area contributed by atoms with Crippen molar-refractivity contribution in [1.82, 2.24) is 19.7 Å². The lowest BCUT2D eigenvalue weighted by Crippen LogP contribution is -2.36. The van der Waals surface area contributed by atoms with Crippen LogP contribution in [0.1, 0.15) is 31.7 Å². The van der Waals surface area contributed by atoms with Crippen LogP contribution in [0.15, 0.2) is 35.2 Å². The molecule has 2 fully saturated rings. The van der Waals surface area contributed by atoms with Gasteiger partial charge < -0.3 is 14.4 Å². The lowest BCUT2D eigenvalue weighted by molar-refractivity contribution is 0.120. The van der Waals surface area contributed by atoms with E-state index < -0.39 is 0 Å². The summed E-state index contributed by atoms with van der Waals surface area (Å²) in [7, 11) is 0. The molecule has 0 spiro atoms. The second-order valence-corrected chi connectivity index (χ2v) is 8.71. The molecule has 0 N–H and O–H groups in total. The zero-order chi connectivity index (χ0) is 20.5. The van der Waals surface area contributed by atoms with Crippen molar-refractivity contribution in [3.8, 4) is 5.88 Å². The van der Waals surface area contributed by atoms with E-state index in [1.165, 1.54) is 12.4 Å². The molecule has 3 aromatic heterocycles. The van der Waals surface area contributed by atoms with Gasteiger partial charge in [0.1, 0.15) is 11.9 Å². The van der Waals surface area contributed by atoms with E-state index in [0.717, 1.165) is 60.0 Å². The highest BCUT2D eigenvalue weighted by molar-refractivity contribution is 9.10. The molecule has 4 heterocycles. The molecule has 1 saturated heterocycles. The number of hydrogen-bond acceptors (Lipinski definition) is 6. The lowest BCUT2D eigenvalue weighted by Gasteiger charge is -2.30. The minimum absolute atomic E-state index is 0.0660. The molecule has 9 heteroatoms. The molecule has 5 rings (SSSR count). The quantitative estimate of drug-likeness (QED) is 0.565. The zero-order valence-corrected chi connectivity index (χ0v) is 18.1. The highest BCUT2D eigenvalue weighted by atomic mass is 79.9. The molecule has 0 amide bonds. The molecule has 1 saturated carbocycles. The van der Waals surface area contributed by atoms with Crippen LogP contribution in [0.4, 0.5) is 10.2 Å². The third-order valence-electron chi connectivity index (χ3n) is 5.80. The molecule has 3 aromatic rings. The van der Waals surface area contributed by atoms with Crippen LogP contribution in [0, 0.1) is 5.82 Å². The second-order valence-electron chi connectivity index (χ2n) is 7.79. The smallest absolute Gasteiger partial charge is 0.225 e. The minimum atomic E-state index is -0.290. The highest BCUT2D eigenvalue weighted by Gasteiger charge is 2.26. The Hall–Kier alpha value is -2.26. The van der Waals surface area contributed by atoms with E-state index in [-0.39, 0.29) is 18.0 Å². The predicted molar refractivity (Wildman–Crippen MR) is 114 cm³/mol. The number of nitrogens with zero attached hydrogens (tertiary/aromatic N) is 5. The van der Waals surface area contributed by atoms with E-state index in [0.29, 0.717) is 19.1 Å². The van der Waals surface area contributed by atoms with Gasteiger partial charge in [-0.1, -0.05) is 0 Å². The van der Waals surface area contributed by atoms with Crippen LogP contribution in [0.5, 0.6) is 5.88 Å². The third kappa shape index (κ3) is 4.13. The Morgan fingerprint density at radius 2 is 1.90 bits per heavy atom. The summed E-state index contributed by atoms with van der Waals surface area (Å²) in [5, 5.41) is 5.02. The van der Waals surface area contributed by atoms with Crippen molar-refractivity contribution in [3.05, 3.63) is 41.0 Å². The Morgan fingerprint density at radius 1 is 1.10 bits per heavy atom. The number of anilines is 1. The zero-order valence-electron chi connectivity index (χ0n) is 16.5. The van der Waals surface area contributed by atoms with Gasteiger partial charge in [-0.25, -0.2) is 4.39 Å². The van der Waals surface area contributed by atoms with Crippen molar-refractivity contribution in [1.29, 1.82) is 0 Å². The molecular formula is C21H23BrFN5O2. The maximum Gasteiger partial charge on any atom is 0.225 e. The van der Waals surface area contributed by atoms with E-state index in [2.05, 4.69) is 30.9 Å². The average Bonchev–Trinajstić information content (AvgIpc) is 3.21. The van der Waals surface area contributed by atoms with E-state index in [1.54, 1.807) is 10.9 Å². The molecule has 0 radical (unpaired) electrons. The Balaban J connectivity index is 1.37. The van der Waals surface area contributed by atoms with Crippen LogP contribution in [0.25, 0.3) is 10.9 Å². The van der Waals surface area contributed by atoms with Gasteiger partial charge in [-0.15, -0.1) is 0 Å². The maximum atomic E-state index is 13.3. The number of ether oxygens (including phenoxy) is 2. The van der Waals surface area contributed by atoms with Crippen LogP contribution in [-0.2, 0) is 4.74 Å². The van der Waals surface area contributed by atoms with Gasteiger partial charge in [-0.3, -0.25) is 9.67 Å². The topological polar surface area (TPSA) is 65.3 Å². The summed E-state index contributed by atoms with van der Waals surface area (Å²) in [5.41, 5.74) is 0.866. The Morgan fingerprint density at radius 3 is 2.63 bits per heavy atom. The van der Waals surface area contributed by atoms with E-state index >= 15 is 0 Å². The van der Waals surface area contributed by atoms with Gasteiger partial charge in [0, 0.05) is 29.8 Å². The van der Waals surface area contributed by atoms with E-state index in [1.807, 2.05) is 12.1 Å². The van der Waals surface area contributed by atoms with Crippen LogP contribution < -0.4 is 9.64 Å². The van der Waals surface area contributed by atoms with Gasteiger partial charge in [0.25, 0.3) is 0 Å². The van der Waals surface area contributed by atoms with Gasteiger partial charge >= 0.3 is 0 Å². The molecule has 0 atom stereocenters. The Labute approximate surface area is 182 Å². The van der Waals surface area contributed by atoms with Crippen LogP contribution >= 0.6 is 15.9 Å². The van der Waals surface area contributed by atoms with Crippen LogP contribution in [0.3, 0.4) is 0 Å². The van der Waals surface area contributed by atoms with Crippen molar-refractivity contribution >= 4 is 32.7 Å². The average molecular weight is 476 g/mol. The second kappa shape index (κ2) is 8.47. The lowest BCUT2D eigenvalue weighted by atomic mass is 9.93. The van der Waals surface area contributed by atoms with Crippen LogP contribution in [-0.4, -0.2) is 52.2 Å². The summed E-state index contributed by atoms with van der Waals surface area (Å²) in [6, 6.07) is 4.24. The summed E-state index contributed by atoms with van der Waals surface area (Å²) in [6.07, 6.45) is 8.14. The molecular weight excluding hydrogens is 453 g/mol. The predicted octanol–water partition coefficient (Wildman–Crippen LogP) is 4.13. The van der Waals surface area contributed by atoms with Gasteiger partial charge in [-0.2, -0.15) is 10.1 Å². The van der Waals surface area contributed by atoms with Gasteiger partial charge in [0.05, 0.1) is 42.6 Å². The van der Waals surface area contributed by atoms with Gasteiger partial charge in [-0.05, 0) is 47.7 Å². The Bertz CT molecular complexity index is 1030.